The first kappa shape index (κ1) is 22.3. The third kappa shape index (κ3) is 2.69. The van der Waals surface area contributed by atoms with Gasteiger partial charge >= 0.3 is 7.80 Å². The molecule has 0 saturated carbocycles. The van der Waals surface area contributed by atoms with Crippen LogP contribution >= 0.6 is 7.80 Å². The fraction of sp³-hybridized carbons (Fsp3) is 0.0588. The molecule has 5 aromatic carbocycles. The largest absolute Gasteiger partial charge is 0.416 e. The quantitative estimate of drug-likeness (QED) is 0.151. The fourth-order valence-electron chi connectivity index (χ4n) is 6.74. The van der Waals surface area contributed by atoms with Gasteiger partial charge in [-0.1, -0.05) is 71.3 Å². The van der Waals surface area contributed by atoms with Gasteiger partial charge < -0.3 is 4.40 Å². The SMILES string of the molecule is CC1(c2ccccc2)c2ccccc2[P+](=O)c2ccc3c(c21)c(=O)c1cccc2c(=O)c4ccccc4n3c21. The Balaban J connectivity index is 1.69. The fourth-order valence-corrected chi connectivity index (χ4v) is 8.49. The zero-order chi connectivity index (χ0) is 26.5. The van der Waals surface area contributed by atoms with Crippen molar-refractivity contribution in [3.63, 3.8) is 0 Å². The molecular formula is C34H21NO3P+. The average Bonchev–Trinajstić information content (AvgIpc) is 2.99. The summed E-state index contributed by atoms with van der Waals surface area (Å²) in [5.74, 6) is 0. The molecule has 8 rings (SSSR count). The summed E-state index contributed by atoms with van der Waals surface area (Å²) in [5.41, 5.74) is 3.88. The average molecular weight is 523 g/mol. The first-order valence-corrected chi connectivity index (χ1v) is 14.2. The summed E-state index contributed by atoms with van der Waals surface area (Å²) in [5, 5.41) is 3.63. The van der Waals surface area contributed by atoms with Gasteiger partial charge in [0.25, 0.3) is 0 Å². The lowest BCUT2D eigenvalue weighted by molar-refractivity contribution is 0.595. The van der Waals surface area contributed by atoms with Crippen LogP contribution < -0.4 is 21.5 Å². The summed E-state index contributed by atoms with van der Waals surface area (Å²) < 4.78 is 16.2. The van der Waals surface area contributed by atoms with Crippen LogP contribution in [0.1, 0.15) is 23.6 Å². The summed E-state index contributed by atoms with van der Waals surface area (Å²) >= 11 is 0. The van der Waals surface area contributed by atoms with Crippen LogP contribution in [0.2, 0.25) is 0 Å². The predicted molar refractivity (Wildman–Crippen MR) is 159 cm³/mol. The molecule has 2 aromatic heterocycles. The number of nitrogens with zero attached hydrogens (tertiary/aromatic N) is 1. The van der Waals surface area contributed by atoms with Gasteiger partial charge in [0.15, 0.2) is 16.2 Å². The predicted octanol–water partition coefficient (Wildman–Crippen LogP) is 6.00. The van der Waals surface area contributed by atoms with Crippen LogP contribution in [0.4, 0.5) is 0 Å². The second-order valence-electron chi connectivity index (χ2n) is 10.4. The van der Waals surface area contributed by atoms with E-state index in [-0.39, 0.29) is 10.9 Å². The monoisotopic (exact) mass is 522 g/mol. The van der Waals surface area contributed by atoms with Gasteiger partial charge in [0.05, 0.1) is 27.4 Å². The molecule has 4 nitrogen and oxygen atoms in total. The van der Waals surface area contributed by atoms with Crippen molar-refractivity contribution in [2.24, 2.45) is 0 Å². The van der Waals surface area contributed by atoms with Gasteiger partial charge in [-0.2, -0.15) is 0 Å². The van der Waals surface area contributed by atoms with E-state index in [2.05, 4.69) is 23.5 Å². The smallest absolute Gasteiger partial charge is 0.307 e. The maximum atomic E-state index is 14.5. The summed E-state index contributed by atoms with van der Waals surface area (Å²) in [6.07, 6.45) is 0. The lowest BCUT2D eigenvalue weighted by Gasteiger charge is -2.35. The minimum atomic E-state index is -1.92. The Morgan fingerprint density at radius 1 is 0.615 bits per heavy atom. The lowest BCUT2D eigenvalue weighted by Crippen LogP contribution is -2.40. The maximum Gasteiger partial charge on any atom is 0.416 e. The van der Waals surface area contributed by atoms with Crippen LogP contribution in [-0.4, -0.2) is 4.40 Å². The van der Waals surface area contributed by atoms with Crippen molar-refractivity contribution < 1.29 is 4.57 Å². The number of hydrogen-bond donors (Lipinski definition) is 0. The van der Waals surface area contributed by atoms with Crippen molar-refractivity contribution in [3.05, 3.63) is 146 Å². The number of benzene rings is 5. The molecule has 0 saturated heterocycles. The Hall–Kier alpha value is -4.66. The Morgan fingerprint density at radius 3 is 2.10 bits per heavy atom. The molecule has 2 atom stereocenters. The molecule has 5 heteroatoms. The van der Waals surface area contributed by atoms with Crippen molar-refractivity contribution in [2.75, 3.05) is 0 Å². The van der Waals surface area contributed by atoms with E-state index in [0.717, 1.165) is 27.5 Å². The normalized spacial score (nSPS) is 17.6. The van der Waals surface area contributed by atoms with Crippen molar-refractivity contribution in [3.8, 4) is 0 Å². The minimum Gasteiger partial charge on any atom is -0.307 e. The minimum absolute atomic E-state index is 0.0842. The Morgan fingerprint density at radius 2 is 1.28 bits per heavy atom. The van der Waals surface area contributed by atoms with Crippen molar-refractivity contribution in [2.45, 2.75) is 12.3 Å². The number of aromatic nitrogens is 1. The number of para-hydroxylation sites is 2. The Bertz CT molecular complexity index is 2310. The zero-order valence-corrected chi connectivity index (χ0v) is 21.9. The Kier molecular flexibility index (Phi) is 4.40. The molecule has 7 aromatic rings. The molecule has 0 aliphatic carbocycles. The molecule has 0 spiro atoms. The third-order valence-electron chi connectivity index (χ3n) is 8.50. The van der Waals surface area contributed by atoms with E-state index in [9.17, 15) is 14.2 Å². The first-order valence-electron chi connectivity index (χ1n) is 12.9. The van der Waals surface area contributed by atoms with Crippen molar-refractivity contribution in [1.29, 1.82) is 0 Å². The first-order chi connectivity index (χ1) is 19.0. The van der Waals surface area contributed by atoms with E-state index in [1.165, 1.54) is 0 Å². The highest BCUT2D eigenvalue weighted by Crippen LogP contribution is 2.48. The van der Waals surface area contributed by atoms with Crippen molar-refractivity contribution >= 4 is 56.5 Å². The van der Waals surface area contributed by atoms with E-state index < -0.39 is 13.2 Å². The van der Waals surface area contributed by atoms with E-state index in [1.807, 2.05) is 78.9 Å². The number of hydrogen-bond acceptors (Lipinski definition) is 3. The van der Waals surface area contributed by atoms with Crippen molar-refractivity contribution in [1.82, 2.24) is 4.40 Å². The molecule has 1 aliphatic heterocycles. The van der Waals surface area contributed by atoms with Gasteiger partial charge in [0.2, 0.25) is 5.30 Å². The van der Waals surface area contributed by atoms with Gasteiger partial charge in [0.1, 0.15) is 0 Å². The summed E-state index contributed by atoms with van der Waals surface area (Å²) in [4.78, 5) is 28.0. The molecule has 0 radical (unpaired) electrons. The van der Waals surface area contributed by atoms with E-state index in [0.29, 0.717) is 37.9 Å². The van der Waals surface area contributed by atoms with E-state index >= 15 is 0 Å². The Labute approximate surface area is 223 Å². The van der Waals surface area contributed by atoms with Crippen LogP contribution in [0.15, 0.2) is 119 Å². The van der Waals surface area contributed by atoms with E-state index in [1.54, 1.807) is 18.2 Å². The molecule has 184 valence electrons. The summed E-state index contributed by atoms with van der Waals surface area (Å²) in [7, 11) is -1.92. The number of fused-ring (bicyclic) bond motifs is 7. The molecule has 0 fully saturated rings. The molecule has 0 amide bonds. The second-order valence-corrected chi connectivity index (χ2v) is 11.9. The molecule has 1 aliphatic rings. The van der Waals surface area contributed by atoms with Crippen LogP contribution in [0.25, 0.3) is 38.1 Å². The molecule has 0 bridgehead atoms. The highest BCUT2D eigenvalue weighted by molar-refractivity contribution is 7.62. The molecule has 0 N–H and O–H groups in total. The maximum absolute atomic E-state index is 14.5. The van der Waals surface area contributed by atoms with Crippen LogP contribution in [0, 0.1) is 0 Å². The number of pyridine rings is 2. The van der Waals surface area contributed by atoms with Gasteiger partial charge in [-0.15, -0.1) is 0 Å². The van der Waals surface area contributed by atoms with Gasteiger partial charge in [-0.05, 0) is 55.0 Å². The van der Waals surface area contributed by atoms with E-state index in [4.69, 9.17) is 0 Å². The molecule has 39 heavy (non-hydrogen) atoms. The van der Waals surface area contributed by atoms with Gasteiger partial charge in [-0.3, -0.25) is 9.59 Å². The van der Waals surface area contributed by atoms with Crippen LogP contribution in [0.3, 0.4) is 0 Å². The second kappa shape index (κ2) is 7.69. The van der Waals surface area contributed by atoms with Crippen LogP contribution in [-0.2, 0) is 9.98 Å². The highest BCUT2D eigenvalue weighted by atomic mass is 31.1. The summed E-state index contributed by atoms with van der Waals surface area (Å²) in [6.45, 7) is 2.13. The third-order valence-corrected chi connectivity index (χ3v) is 10.1. The highest BCUT2D eigenvalue weighted by Gasteiger charge is 2.49. The molecule has 2 unspecified atom stereocenters. The lowest BCUT2D eigenvalue weighted by atomic mass is 9.69. The molecular weight excluding hydrogens is 501 g/mol. The molecule has 3 heterocycles. The summed E-state index contributed by atoms with van der Waals surface area (Å²) in [6, 6.07) is 34.7. The van der Waals surface area contributed by atoms with Gasteiger partial charge in [0, 0.05) is 27.3 Å². The number of rotatable bonds is 1. The standard InChI is InChI=1S/C34H21NO3P/c1-34(20-10-3-2-4-11-20)24-15-6-8-17-27(24)39(38)28-19-18-26-29(30(28)34)33(37)23-14-9-13-22-31(23)35(26)25-16-7-5-12-21(25)32(22)36/h2-19H,1H3/q+1. The zero-order valence-electron chi connectivity index (χ0n) is 21.0. The topological polar surface area (TPSA) is 55.6 Å². The van der Waals surface area contributed by atoms with Gasteiger partial charge in [-0.25, -0.2) is 0 Å². The van der Waals surface area contributed by atoms with Crippen LogP contribution in [0.5, 0.6) is 0 Å².